The smallest absolute Gasteiger partial charge is 0.408 e. The molecule has 0 bridgehead atoms. The van der Waals surface area contributed by atoms with E-state index in [2.05, 4.69) is 31.9 Å². The van der Waals surface area contributed by atoms with Crippen molar-refractivity contribution >= 4 is 53.7 Å². The molecule has 0 aromatic rings. The van der Waals surface area contributed by atoms with Gasteiger partial charge in [0, 0.05) is 19.4 Å². The molecule has 0 fully saturated rings. The highest BCUT2D eigenvalue weighted by Gasteiger charge is 2.29. The summed E-state index contributed by atoms with van der Waals surface area (Å²) < 4.78 is 15.5. The SMILES string of the molecule is CC(C)(C)OC(=O)CNC(=O)C(CCC(=O)NC(CCC(=O)O)C(=O)O)NC(=O)C(CCCCNC(=O)OC(C)(C)C)NC(=O)CNC(=O)OC(C)(C)C. The van der Waals surface area contributed by atoms with E-state index in [0.29, 0.717) is 6.42 Å². The number of nitrogens with one attached hydrogen (secondary N) is 6. The first-order valence-corrected chi connectivity index (χ1v) is 17.4. The second kappa shape index (κ2) is 22.8. The molecule has 308 valence electrons. The maximum Gasteiger partial charge on any atom is 0.408 e. The summed E-state index contributed by atoms with van der Waals surface area (Å²) in [5.74, 6) is -7.03. The lowest BCUT2D eigenvalue weighted by atomic mass is 10.1. The summed E-state index contributed by atoms with van der Waals surface area (Å²) in [7, 11) is 0. The lowest BCUT2D eigenvalue weighted by molar-refractivity contribution is -0.154. The van der Waals surface area contributed by atoms with Gasteiger partial charge in [-0.05, 0) is 94.4 Å². The number of amides is 6. The van der Waals surface area contributed by atoms with Crippen LogP contribution in [0.2, 0.25) is 0 Å². The molecule has 0 aromatic carbocycles. The minimum atomic E-state index is -1.54. The summed E-state index contributed by atoms with van der Waals surface area (Å²) in [4.78, 5) is 111. The molecule has 0 saturated carbocycles. The Hall–Kier alpha value is -5.17. The molecule has 0 aromatic heterocycles. The van der Waals surface area contributed by atoms with Gasteiger partial charge in [0.05, 0.1) is 0 Å². The van der Waals surface area contributed by atoms with Crippen molar-refractivity contribution < 1.29 is 67.6 Å². The number of carbonyl (C=O) groups is 9. The van der Waals surface area contributed by atoms with Crippen LogP contribution < -0.4 is 31.9 Å². The van der Waals surface area contributed by atoms with Crippen LogP contribution in [0.5, 0.6) is 0 Å². The van der Waals surface area contributed by atoms with E-state index in [-0.39, 0.29) is 19.4 Å². The Labute approximate surface area is 314 Å². The fourth-order valence-electron chi connectivity index (χ4n) is 4.23. The van der Waals surface area contributed by atoms with E-state index in [1.807, 2.05) is 0 Å². The number of carboxylic acids is 2. The molecule has 3 atom stereocenters. The van der Waals surface area contributed by atoms with Crippen LogP contribution in [0.3, 0.4) is 0 Å². The maximum absolute atomic E-state index is 13.6. The van der Waals surface area contributed by atoms with Gasteiger partial charge in [0.15, 0.2) is 0 Å². The number of esters is 1. The first-order chi connectivity index (χ1) is 24.7. The molecular weight excluding hydrogens is 716 g/mol. The van der Waals surface area contributed by atoms with Crippen molar-refractivity contribution in [3.05, 3.63) is 0 Å². The molecule has 6 amide bonds. The summed E-state index contributed by atoms with van der Waals surface area (Å²) in [6.45, 7) is 13.8. The lowest BCUT2D eigenvalue weighted by Gasteiger charge is -2.24. The summed E-state index contributed by atoms with van der Waals surface area (Å²) in [5, 5.41) is 32.6. The van der Waals surface area contributed by atoms with Crippen molar-refractivity contribution in [2.24, 2.45) is 0 Å². The molecule has 0 radical (unpaired) electrons. The average molecular weight is 775 g/mol. The van der Waals surface area contributed by atoms with E-state index >= 15 is 0 Å². The second-order valence-electron chi connectivity index (χ2n) is 15.2. The number of aliphatic carboxylic acids is 2. The van der Waals surface area contributed by atoms with Gasteiger partial charge in [-0.3, -0.25) is 28.8 Å². The monoisotopic (exact) mass is 774 g/mol. The molecule has 0 aliphatic carbocycles. The van der Waals surface area contributed by atoms with Crippen LogP contribution in [0.15, 0.2) is 0 Å². The third-order valence-electron chi connectivity index (χ3n) is 6.43. The fourth-order valence-corrected chi connectivity index (χ4v) is 4.23. The van der Waals surface area contributed by atoms with Crippen LogP contribution in [0, 0.1) is 0 Å². The summed E-state index contributed by atoms with van der Waals surface area (Å²) in [6.07, 6.45) is -2.85. The Bertz CT molecular complexity index is 1330. The van der Waals surface area contributed by atoms with E-state index in [1.165, 1.54) is 0 Å². The third kappa shape index (κ3) is 25.7. The summed E-state index contributed by atoms with van der Waals surface area (Å²) in [5.41, 5.74) is -2.44. The zero-order valence-corrected chi connectivity index (χ0v) is 32.6. The minimum absolute atomic E-state index is 0.0173. The summed E-state index contributed by atoms with van der Waals surface area (Å²) >= 11 is 0. The predicted molar refractivity (Wildman–Crippen MR) is 191 cm³/mol. The van der Waals surface area contributed by atoms with Crippen LogP contribution in [0.25, 0.3) is 0 Å². The van der Waals surface area contributed by atoms with E-state index in [1.54, 1.807) is 62.3 Å². The molecule has 0 spiro atoms. The van der Waals surface area contributed by atoms with Gasteiger partial charge in [0.1, 0.15) is 48.0 Å². The zero-order chi connectivity index (χ0) is 41.9. The molecule has 0 rings (SSSR count). The first kappa shape index (κ1) is 48.8. The second-order valence-corrected chi connectivity index (χ2v) is 15.2. The normalized spacial score (nSPS) is 13.1. The number of hydrogen-bond donors (Lipinski definition) is 8. The van der Waals surface area contributed by atoms with Gasteiger partial charge in [-0.25, -0.2) is 14.4 Å². The number of hydrogen-bond acceptors (Lipinski definition) is 12. The predicted octanol–water partition coefficient (Wildman–Crippen LogP) is 0.848. The van der Waals surface area contributed by atoms with Crippen molar-refractivity contribution in [3.8, 4) is 0 Å². The van der Waals surface area contributed by atoms with Gasteiger partial charge >= 0.3 is 30.1 Å². The van der Waals surface area contributed by atoms with Gasteiger partial charge < -0.3 is 56.3 Å². The minimum Gasteiger partial charge on any atom is -0.481 e. The van der Waals surface area contributed by atoms with E-state index in [0.717, 1.165) is 0 Å². The van der Waals surface area contributed by atoms with Gasteiger partial charge in [-0.15, -0.1) is 0 Å². The number of carboxylic acid groups (broad SMARTS) is 2. The molecule has 0 aliphatic heterocycles. The Morgan fingerprint density at radius 2 is 1.02 bits per heavy atom. The highest BCUT2D eigenvalue weighted by atomic mass is 16.6. The third-order valence-corrected chi connectivity index (χ3v) is 6.43. The van der Waals surface area contributed by atoms with Crippen LogP contribution in [0.4, 0.5) is 9.59 Å². The standard InChI is InChI=1S/C34H58N6O14/c1-32(2,3)52-26(45)19-36-27(46)21(13-15-23(41)39-22(29(48)49)14-16-25(43)44)40-28(47)20(12-10-11-17-35-30(50)53-33(4,5)6)38-24(42)18-37-31(51)54-34(7,8)9/h20-22H,10-19H2,1-9H3,(H,35,50)(H,36,46)(H,37,51)(H,38,42)(H,39,41)(H,40,47)(H,43,44)(H,48,49). The first-order valence-electron chi connectivity index (χ1n) is 17.4. The van der Waals surface area contributed by atoms with Gasteiger partial charge in [0.25, 0.3) is 0 Å². The van der Waals surface area contributed by atoms with Crippen molar-refractivity contribution in [3.63, 3.8) is 0 Å². The highest BCUT2D eigenvalue weighted by Crippen LogP contribution is 2.10. The molecule has 20 nitrogen and oxygen atoms in total. The number of alkyl carbamates (subject to hydrolysis) is 2. The molecule has 20 heteroatoms. The quantitative estimate of drug-likeness (QED) is 0.0456. The number of ether oxygens (including phenoxy) is 3. The van der Waals surface area contributed by atoms with Crippen LogP contribution in [0.1, 0.15) is 107 Å². The highest BCUT2D eigenvalue weighted by molar-refractivity contribution is 5.94. The Morgan fingerprint density at radius 1 is 0.519 bits per heavy atom. The molecule has 0 aliphatic rings. The maximum atomic E-state index is 13.6. The number of carbonyl (C=O) groups excluding carboxylic acids is 7. The van der Waals surface area contributed by atoms with Crippen molar-refractivity contribution in [2.75, 3.05) is 19.6 Å². The topological polar surface area (TPSA) is 294 Å². The van der Waals surface area contributed by atoms with Gasteiger partial charge in [-0.2, -0.15) is 0 Å². The molecule has 0 saturated heterocycles. The lowest BCUT2D eigenvalue weighted by Crippen LogP contribution is -2.55. The Kier molecular flexibility index (Phi) is 20.6. The van der Waals surface area contributed by atoms with E-state index < -0.39 is 127 Å². The molecule has 3 unspecified atom stereocenters. The Morgan fingerprint density at radius 3 is 1.54 bits per heavy atom. The molecular formula is C34H58N6O14. The van der Waals surface area contributed by atoms with Crippen LogP contribution in [-0.2, 0) is 47.8 Å². The van der Waals surface area contributed by atoms with Gasteiger partial charge in [0.2, 0.25) is 23.6 Å². The molecule has 8 N–H and O–H groups in total. The fraction of sp³-hybridized carbons (Fsp3) is 0.735. The molecule has 54 heavy (non-hydrogen) atoms. The number of rotatable bonds is 21. The van der Waals surface area contributed by atoms with E-state index in [4.69, 9.17) is 19.3 Å². The van der Waals surface area contributed by atoms with E-state index in [9.17, 15) is 48.3 Å². The van der Waals surface area contributed by atoms with Crippen molar-refractivity contribution in [2.45, 2.75) is 142 Å². The average Bonchev–Trinajstić information content (AvgIpc) is 2.99. The van der Waals surface area contributed by atoms with Crippen molar-refractivity contribution in [1.82, 2.24) is 31.9 Å². The Balaban J connectivity index is 5.98. The largest absolute Gasteiger partial charge is 0.481 e. The number of unbranched alkanes of at least 4 members (excludes halogenated alkanes) is 1. The summed E-state index contributed by atoms with van der Waals surface area (Å²) in [6, 6.07) is -4.34. The molecule has 0 heterocycles. The van der Waals surface area contributed by atoms with Crippen LogP contribution >= 0.6 is 0 Å². The zero-order valence-electron chi connectivity index (χ0n) is 32.6. The van der Waals surface area contributed by atoms with Gasteiger partial charge in [-0.1, -0.05) is 0 Å². The van der Waals surface area contributed by atoms with Crippen molar-refractivity contribution in [1.29, 1.82) is 0 Å². The van der Waals surface area contributed by atoms with Crippen LogP contribution in [-0.4, -0.2) is 118 Å².